The Morgan fingerprint density at radius 3 is 2.19 bits per heavy atom. The van der Waals surface area contributed by atoms with Crippen molar-refractivity contribution in [1.82, 2.24) is 10.6 Å². The van der Waals surface area contributed by atoms with Crippen molar-refractivity contribution < 1.29 is 19.5 Å². The molecule has 176 valence electrons. The summed E-state index contributed by atoms with van der Waals surface area (Å²) in [5, 5.41) is 14.7. The van der Waals surface area contributed by atoms with Gasteiger partial charge in [0, 0.05) is 17.9 Å². The molecule has 0 radical (unpaired) electrons. The Balaban J connectivity index is 4.60. The molecule has 7 heteroatoms. The van der Waals surface area contributed by atoms with Crippen molar-refractivity contribution in [3.05, 3.63) is 35.5 Å². The van der Waals surface area contributed by atoms with Gasteiger partial charge in [-0.1, -0.05) is 42.4 Å². The number of hydrogen-bond donors (Lipinski definition) is 3. The Morgan fingerprint density at radius 2 is 1.65 bits per heavy atom. The lowest BCUT2D eigenvalue weighted by molar-refractivity contribution is -0.141. The van der Waals surface area contributed by atoms with Gasteiger partial charge in [-0.15, -0.1) is 0 Å². The van der Waals surface area contributed by atoms with Crippen molar-refractivity contribution in [2.24, 2.45) is 0 Å². The Morgan fingerprint density at radius 1 is 1.00 bits per heavy atom. The second kappa shape index (κ2) is 16.6. The van der Waals surface area contributed by atoms with E-state index in [0.717, 1.165) is 25.7 Å². The summed E-state index contributed by atoms with van der Waals surface area (Å²) in [4.78, 5) is 35.0. The second-order valence-electron chi connectivity index (χ2n) is 7.81. The number of carbonyl (C=O) groups excluding carboxylic acids is 2. The van der Waals surface area contributed by atoms with Crippen LogP contribution in [0.4, 0.5) is 0 Å². The van der Waals surface area contributed by atoms with Crippen LogP contribution in [0.15, 0.2) is 35.5 Å². The third kappa shape index (κ3) is 14.6. The summed E-state index contributed by atoms with van der Waals surface area (Å²) in [5.74, 6) is -1.61. The van der Waals surface area contributed by atoms with Crippen molar-refractivity contribution >= 4 is 29.5 Å². The highest BCUT2D eigenvalue weighted by Crippen LogP contribution is 2.18. The molecule has 0 spiro atoms. The van der Waals surface area contributed by atoms with Crippen molar-refractivity contribution in [2.75, 3.05) is 5.75 Å². The van der Waals surface area contributed by atoms with Crippen LogP contribution in [0.1, 0.15) is 73.6 Å². The van der Waals surface area contributed by atoms with E-state index in [2.05, 4.69) is 48.8 Å². The van der Waals surface area contributed by atoms with E-state index in [1.165, 1.54) is 29.8 Å². The molecule has 0 aliphatic carbocycles. The number of aliphatic carboxylic acids is 1. The van der Waals surface area contributed by atoms with Gasteiger partial charge in [-0.25, -0.2) is 4.79 Å². The molecule has 3 N–H and O–H groups in total. The molecular formula is C24H40N2O4S. The number of amides is 2. The highest BCUT2D eigenvalue weighted by Gasteiger charge is 2.25. The molecule has 2 amide bonds. The number of hydrogen-bond acceptors (Lipinski definition) is 4. The summed E-state index contributed by atoms with van der Waals surface area (Å²) in [5.41, 5.74) is 2.67. The number of carboxylic acid groups (broad SMARTS) is 1. The van der Waals surface area contributed by atoms with Gasteiger partial charge < -0.3 is 15.7 Å². The van der Waals surface area contributed by atoms with E-state index in [4.69, 9.17) is 0 Å². The molecule has 0 aliphatic heterocycles. The monoisotopic (exact) mass is 452 g/mol. The zero-order valence-corrected chi connectivity index (χ0v) is 20.7. The maximum atomic E-state index is 12.3. The molecule has 0 saturated heterocycles. The Hall–Kier alpha value is -2.02. The van der Waals surface area contributed by atoms with Gasteiger partial charge in [0.05, 0.1) is 0 Å². The van der Waals surface area contributed by atoms with Crippen LogP contribution in [0.3, 0.4) is 0 Å². The summed E-state index contributed by atoms with van der Waals surface area (Å²) in [6.07, 6.45) is 13.2. The van der Waals surface area contributed by atoms with Gasteiger partial charge in [-0.05, 0) is 59.8 Å². The molecule has 0 aromatic heterocycles. The second-order valence-corrected chi connectivity index (χ2v) is 9.22. The molecule has 0 aromatic carbocycles. The summed E-state index contributed by atoms with van der Waals surface area (Å²) in [6.45, 7) is 11.4. The molecule has 0 saturated carbocycles. The standard InChI is InChI=1S/C24H40N2O4S/c1-7-9-10-12-17(3)13-11-14-18(4)15-19(5)31-16-22(24(29)30)26-23(28)21(8-2)25-20(6)27/h7,9,13,15,19,21-22H,8,10-12,14,16H2,1-6H3,(H,25,27)(H,26,28)(H,29,30)/b9-7?,17-13+,18-15+/t19?,21-,22-/m0/s1. The van der Waals surface area contributed by atoms with Crippen molar-refractivity contribution in [3.63, 3.8) is 0 Å². The van der Waals surface area contributed by atoms with Gasteiger partial charge in [-0.2, -0.15) is 11.8 Å². The van der Waals surface area contributed by atoms with E-state index >= 15 is 0 Å². The number of rotatable bonds is 15. The summed E-state index contributed by atoms with van der Waals surface area (Å²) in [7, 11) is 0. The zero-order valence-electron chi connectivity index (χ0n) is 19.9. The predicted octanol–water partition coefficient (Wildman–Crippen LogP) is 4.62. The molecule has 0 aliphatic rings. The summed E-state index contributed by atoms with van der Waals surface area (Å²) >= 11 is 1.49. The maximum Gasteiger partial charge on any atom is 0.327 e. The fourth-order valence-corrected chi connectivity index (χ4v) is 4.00. The van der Waals surface area contributed by atoms with E-state index in [1.54, 1.807) is 6.92 Å². The van der Waals surface area contributed by atoms with E-state index in [1.807, 2.05) is 13.8 Å². The van der Waals surface area contributed by atoms with Crippen LogP contribution in [0.5, 0.6) is 0 Å². The lowest BCUT2D eigenvalue weighted by Crippen LogP contribution is -2.51. The van der Waals surface area contributed by atoms with Crippen molar-refractivity contribution in [3.8, 4) is 0 Å². The first-order chi connectivity index (χ1) is 14.6. The van der Waals surface area contributed by atoms with E-state index < -0.39 is 24.0 Å². The van der Waals surface area contributed by atoms with Gasteiger partial charge >= 0.3 is 5.97 Å². The smallest absolute Gasteiger partial charge is 0.327 e. The van der Waals surface area contributed by atoms with Gasteiger partial charge in [0.15, 0.2) is 0 Å². The normalized spacial score (nSPS) is 15.4. The first-order valence-electron chi connectivity index (χ1n) is 11.0. The van der Waals surface area contributed by atoms with Crippen LogP contribution in [0, 0.1) is 0 Å². The topological polar surface area (TPSA) is 95.5 Å². The fourth-order valence-electron chi connectivity index (χ4n) is 2.95. The van der Waals surface area contributed by atoms with Crippen LogP contribution in [0.2, 0.25) is 0 Å². The van der Waals surface area contributed by atoms with Gasteiger partial charge in [0.2, 0.25) is 11.8 Å². The SMILES string of the molecule is CC=CCC/C(C)=C/CC/C(C)=C/C(C)SC[C@H](NC(=O)[C@H](CC)NC(C)=O)C(=O)O. The zero-order chi connectivity index (χ0) is 23.8. The van der Waals surface area contributed by atoms with E-state index in [0.29, 0.717) is 6.42 Å². The third-order valence-corrected chi connectivity index (χ3v) is 5.92. The fraction of sp³-hybridized carbons (Fsp3) is 0.625. The van der Waals surface area contributed by atoms with E-state index in [-0.39, 0.29) is 16.9 Å². The van der Waals surface area contributed by atoms with Crippen molar-refractivity contribution in [2.45, 2.75) is 91.0 Å². The minimum absolute atomic E-state index is 0.135. The van der Waals surface area contributed by atoms with Crippen LogP contribution >= 0.6 is 11.8 Å². The molecule has 1 unspecified atom stereocenters. The highest BCUT2D eigenvalue weighted by molar-refractivity contribution is 8.00. The Bertz CT molecular complexity index is 670. The Labute approximate surface area is 192 Å². The lowest BCUT2D eigenvalue weighted by Gasteiger charge is -2.20. The quantitative estimate of drug-likeness (QED) is 0.315. The van der Waals surface area contributed by atoms with Crippen LogP contribution in [-0.2, 0) is 14.4 Å². The minimum Gasteiger partial charge on any atom is -0.480 e. The van der Waals surface area contributed by atoms with Crippen molar-refractivity contribution in [1.29, 1.82) is 0 Å². The largest absolute Gasteiger partial charge is 0.480 e. The molecule has 6 nitrogen and oxygen atoms in total. The van der Waals surface area contributed by atoms with Gasteiger partial charge in [0.1, 0.15) is 12.1 Å². The molecule has 0 heterocycles. The molecule has 0 aromatic rings. The molecule has 0 rings (SSSR count). The number of thioether (sulfide) groups is 1. The number of allylic oxidation sites excluding steroid dienone is 5. The van der Waals surface area contributed by atoms with Gasteiger partial charge in [-0.3, -0.25) is 9.59 Å². The maximum absolute atomic E-state index is 12.3. The first-order valence-corrected chi connectivity index (χ1v) is 12.0. The summed E-state index contributed by atoms with van der Waals surface area (Å²) in [6, 6.07) is -1.72. The molecule has 0 fully saturated rings. The molecule has 31 heavy (non-hydrogen) atoms. The third-order valence-electron chi connectivity index (χ3n) is 4.73. The average molecular weight is 453 g/mol. The highest BCUT2D eigenvalue weighted by atomic mass is 32.2. The number of nitrogens with one attached hydrogen (secondary N) is 2. The summed E-state index contributed by atoms with van der Waals surface area (Å²) < 4.78 is 0. The molecular weight excluding hydrogens is 412 g/mol. The van der Waals surface area contributed by atoms with Crippen LogP contribution < -0.4 is 10.6 Å². The van der Waals surface area contributed by atoms with E-state index in [9.17, 15) is 19.5 Å². The number of carboxylic acids is 1. The molecule has 0 bridgehead atoms. The Kier molecular flexibility index (Phi) is 15.6. The number of carbonyl (C=O) groups is 3. The van der Waals surface area contributed by atoms with Gasteiger partial charge in [0.25, 0.3) is 0 Å². The average Bonchev–Trinajstić information content (AvgIpc) is 2.68. The minimum atomic E-state index is -1.08. The first kappa shape index (κ1) is 29.0. The lowest BCUT2D eigenvalue weighted by atomic mass is 10.1. The van der Waals surface area contributed by atoms with Crippen LogP contribution in [-0.4, -0.2) is 46.0 Å². The molecule has 3 atom stereocenters. The van der Waals surface area contributed by atoms with Crippen LogP contribution in [0.25, 0.3) is 0 Å². The predicted molar refractivity (Wildman–Crippen MR) is 130 cm³/mol.